The summed E-state index contributed by atoms with van der Waals surface area (Å²) in [7, 11) is 0. The van der Waals surface area contributed by atoms with Gasteiger partial charge in [0, 0.05) is 23.9 Å². The van der Waals surface area contributed by atoms with E-state index in [0.29, 0.717) is 0 Å². The molecule has 2 heteroatoms. The summed E-state index contributed by atoms with van der Waals surface area (Å²) < 4.78 is 6.06. The smallest absolute Gasteiger partial charge is 0.134 e. The van der Waals surface area contributed by atoms with Crippen molar-refractivity contribution in [3.63, 3.8) is 0 Å². The Balaban J connectivity index is 2.01. The summed E-state index contributed by atoms with van der Waals surface area (Å²) in [6.45, 7) is 8.81. The molecule has 0 radical (unpaired) electrons. The van der Waals surface area contributed by atoms with Crippen LogP contribution in [0.2, 0.25) is 0 Å². The highest BCUT2D eigenvalue weighted by molar-refractivity contribution is 5.82. The van der Waals surface area contributed by atoms with Crippen LogP contribution in [0.15, 0.2) is 28.7 Å². The lowest BCUT2D eigenvalue weighted by Gasteiger charge is -2.07. The molecule has 0 aliphatic carbocycles. The van der Waals surface area contributed by atoms with Gasteiger partial charge in [-0.1, -0.05) is 45.4 Å². The maximum Gasteiger partial charge on any atom is 0.134 e. The number of fused-ring (bicyclic) bond motifs is 1. The number of benzene rings is 1. The summed E-state index contributed by atoms with van der Waals surface area (Å²) >= 11 is 0. The number of rotatable bonds is 9. The fraction of sp³-hybridized carbons (Fsp3) is 0.579. The number of unbranched alkanes of at least 4 members (excludes halogenated alkanes) is 1. The monoisotopic (exact) mass is 287 g/mol. The minimum absolute atomic E-state index is 0.793. The average Bonchev–Trinajstić information content (AvgIpc) is 2.82. The van der Waals surface area contributed by atoms with E-state index >= 15 is 0 Å². The van der Waals surface area contributed by atoms with Gasteiger partial charge in [0.25, 0.3) is 0 Å². The zero-order chi connectivity index (χ0) is 15.1. The molecule has 2 rings (SSSR count). The molecule has 0 saturated heterocycles. The fourth-order valence-corrected chi connectivity index (χ4v) is 2.73. The Bertz CT molecular complexity index is 541. The summed E-state index contributed by atoms with van der Waals surface area (Å²) in [5.74, 6) is 1.97. The molecule has 2 nitrogen and oxygen atoms in total. The van der Waals surface area contributed by atoms with Crippen LogP contribution in [0.25, 0.3) is 11.0 Å². The number of para-hydroxylation sites is 1. The molecule has 1 N–H and O–H groups in total. The lowest BCUT2D eigenvalue weighted by atomic mass is 10.1. The van der Waals surface area contributed by atoms with Crippen LogP contribution < -0.4 is 5.32 Å². The van der Waals surface area contributed by atoms with Gasteiger partial charge in [0.05, 0.1) is 0 Å². The lowest BCUT2D eigenvalue weighted by molar-refractivity contribution is 0.511. The molecule has 0 saturated carbocycles. The van der Waals surface area contributed by atoms with Crippen molar-refractivity contribution in [2.45, 2.75) is 59.4 Å². The zero-order valence-electron chi connectivity index (χ0n) is 13.7. The summed E-state index contributed by atoms with van der Waals surface area (Å²) in [5.41, 5.74) is 2.39. The van der Waals surface area contributed by atoms with E-state index < -0.39 is 0 Å². The normalized spacial score (nSPS) is 11.6. The molecular weight excluding hydrogens is 258 g/mol. The Hall–Kier alpha value is -1.28. The first kappa shape index (κ1) is 16.1. The van der Waals surface area contributed by atoms with E-state index in [9.17, 15) is 0 Å². The topological polar surface area (TPSA) is 25.2 Å². The molecule has 0 spiro atoms. The van der Waals surface area contributed by atoms with Crippen LogP contribution in [-0.2, 0) is 13.0 Å². The van der Waals surface area contributed by atoms with Crippen molar-refractivity contribution >= 4 is 11.0 Å². The van der Waals surface area contributed by atoms with Gasteiger partial charge < -0.3 is 9.73 Å². The highest BCUT2D eigenvalue weighted by atomic mass is 16.3. The molecular formula is C19H29NO. The van der Waals surface area contributed by atoms with Crippen molar-refractivity contribution in [2.75, 3.05) is 6.54 Å². The van der Waals surface area contributed by atoms with Crippen LogP contribution in [0.3, 0.4) is 0 Å². The second-order valence-corrected chi connectivity index (χ2v) is 6.32. The molecule has 0 fully saturated rings. The number of hydrogen-bond acceptors (Lipinski definition) is 2. The van der Waals surface area contributed by atoms with Crippen molar-refractivity contribution < 1.29 is 4.42 Å². The van der Waals surface area contributed by atoms with Gasteiger partial charge in [-0.2, -0.15) is 0 Å². The highest BCUT2D eigenvalue weighted by Crippen LogP contribution is 2.27. The predicted molar refractivity (Wildman–Crippen MR) is 90.6 cm³/mol. The van der Waals surface area contributed by atoms with Gasteiger partial charge in [0.1, 0.15) is 11.3 Å². The van der Waals surface area contributed by atoms with E-state index in [1.165, 1.54) is 42.4 Å². The Kier molecular flexibility index (Phi) is 6.31. The van der Waals surface area contributed by atoms with Crippen LogP contribution >= 0.6 is 0 Å². The summed E-state index contributed by atoms with van der Waals surface area (Å²) in [5, 5.41) is 4.87. The second kappa shape index (κ2) is 8.23. The van der Waals surface area contributed by atoms with E-state index in [1.807, 2.05) is 0 Å². The van der Waals surface area contributed by atoms with Gasteiger partial charge in [0.15, 0.2) is 0 Å². The average molecular weight is 287 g/mol. The first-order chi connectivity index (χ1) is 10.2. The minimum atomic E-state index is 0.793. The van der Waals surface area contributed by atoms with E-state index in [-0.39, 0.29) is 0 Å². The third kappa shape index (κ3) is 4.60. The van der Waals surface area contributed by atoms with Crippen molar-refractivity contribution in [3.05, 3.63) is 35.6 Å². The van der Waals surface area contributed by atoms with Crippen molar-refractivity contribution in [1.82, 2.24) is 5.32 Å². The molecule has 2 aromatic rings. The van der Waals surface area contributed by atoms with Crippen LogP contribution in [0.4, 0.5) is 0 Å². The molecule has 0 unspecified atom stereocenters. The molecule has 0 aliphatic heterocycles. The molecule has 1 heterocycles. The standard InChI is InChI=1S/C19H29NO/c1-4-5-11-19-17(14-20-13-8-9-15(2)3)16-10-6-7-12-18(16)21-19/h6-7,10,12,15,20H,4-5,8-9,11,13-14H2,1-3H3. The van der Waals surface area contributed by atoms with Crippen LogP contribution in [0.5, 0.6) is 0 Å². The summed E-state index contributed by atoms with van der Waals surface area (Å²) in [6, 6.07) is 8.41. The van der Waals surface area contributed by atoms with Gasteiger partial charge in [0.2, 0.25) is 0 Å². The van der Waals surface area contributed by atoms with Crippen LogP contribution in [0, 0.1) is 5.92 Å². The SMILES string of the molecule is CCCCc1oc2ccccc2c1CNCCCC(C)C. The van der Waals surface area contributed by atoms with Crippen molar-refractivity contribution in [1.29, 1.82) is 0 Å². The maximum absolute atomic E-state index is 6.06. The van der Waals surface area contributed by atoms with Gasteiger partial charge in [-0.3, -0.25) is 0 Å². The molecule has 0 atom stereocenters. The Morgan fingerprint density at radius 3 is 2.71 bits per heavy atom. The number of hydrogen-bond donors (Lipinski definition) is 1. The van der Waals surface area contributed by atoms with E-state index in [1.54, 1.807) is 0 Å². The lowest BCUT2D eigenvalue weighted by Crippen LogP contribution is -2.16. The Morgan fingerprint density at radius 2 is 1.95 bits per heavy atom. The largest absolute Gasteiger partial charge is 0.461 e. The van der Waals surface area contributed by atoms with Crippen molar-refractivity contribution in [3.8, 4) is 0 Å². The quantitative estimate of drug-likeness (QED) is 0.633. The molecule has 21 heavy (non-hydrogen) atoms. The van der Waals surface area contributed by atoms with Gasteiger partial charge in [-0.15, -0.1) is 0 Å². The van der Waals surface area contributed by atoms with Crippen molar-refractivity contribution in [2.24, 2.45) is 5.92 Å². The first-order valence-electron chi connectivity index (χ1n) is 8.42. The van der Waals surface area contributed by atoms with Gasteiger partial charge in [-0.05, 0) is 37.8 Å². The summed E-state index contributed by atoms with van der Waals surface area (Å²) in [4.78, 5) is 0. The Morgan fingerprint density at radius 1 is 1.14 bits per heavy atom. The van der Waals surface area contributed by atoms with Crippen LogP contribution in [-0.4, -0.2) is 6.54 Å². The first-order valence-corrected chi connectivity index (χ1v) is 8.42. The molecule has 0 aliphatic rings. The zero-order valence-corrected chi connectivity index (χ0v) is 13.7. The Labute approximate surface area is 128 Å². The number of aryl methyl sites for hydroxylation is 1. The fourth-order valence-electron chi connectivity index (χ4n) is 2.73. The highest BCUT2D eigenvalue weighted by Gasteiger charge is 2.12. The molecule has 1 aromatic carbocycles. The predicted octanol–water partition coefficient (Wildman–Crippen LogP) is 5.30. The third-order valence-electron chi connectivity index (χ3n) is 3.98. The van der Waals surface area contributed by atoms with E-state index in [0.717, 1.165) is 31.0 Å². The van der Waals surface area contributed by atoms with Crippen LogP contribution in [0.1, 0.15) is 57.8 Å². The molecule has 0 bridgehead atoms. The van der Waals surface area contributed by atoms with Gasteiger partial charge >= 0.3 is 0 Å². The maximum atomic E-state index is 6.06. The molecule has 0 amide bonds. The van der Waals surface area contributed by atoms with Gasteiger partial charge in [-0.25, -0.2) is 0 Å². The summed E-state index contributed by atoms with van der Waals surface area (Å²) in [6.07, 6.45) is 5.99. The third-order valence-corrected chi connectivity index (χ3v) is 3.98. The van der Waals surface area contributed by atoms with E-state index in [2.05, 4.69) is 50.4 Å². The number of furan rings is 1. The van der Waals surface area contributed by atoms with E-state index in [4.69, 9.17) is 4.42 Å². The molecule has 1 aromatic heterocycles. The number of nitrogens with one attached hydrogen (secondary N) is 1. The molecule has 116 valence electrons. The second-order valence-electron chi connectivity index (χ2n) is 6.32. The minimum Gasteiger partial charge on any atom is -0.461 e.